The molecule has 4 rings (SSSR count). The number of methoxy groups -OCH3 is 2. The van der Waals surface area contributed by atoms with Crippen molar-refractivity contribution in [1.29, 1.82) is 0 Å². The van der Waals surface area contributed by atoms with Crippen LogP contribution in [-0.4, -0.2) is 52.1 Å². The van der Waals surface area contributed by atoms with E-state index in [1.54, 1.807) is 6.07 Å². The number of fused-ring (bicyclic) bond motifs is 1. The number of alkyl halides is 1. The Labute approximate surface area is 208 Å². The van der Waals surface area contributed by atoms with Gasteiger partial charge in [-0.05, 0) is 12.1 Å². The Morgan fingerprint density at radius 2 is 1.89 bits per heavy atom. The number of aromatic nitrogens is 4. The molecular weight excluding hydrogens is 502 g/mol. The molecule has 0 unspecified atom stereocenters. The summed E-state index contributed by atoms with van der Waals surface area (Å²) in [5.41, 5.74) is -0.229. The number of rotatable bonds is 10. The lowest BCUT2D eigenvalue weighted by Crippen LogP contribution is -2.16. The van der Waals surface area contributed by atoms with Gasteiger partial charge in [0, 0.05) is 12.1 Å². The number of aromatic amines is 1. The summed E-state index contributed by atoms with van der Waals surface area (Å²) in [6, 6.07) is 7.11. The highest BCUT2D eigenvalue weighted by Crippen LogP contribution is 2.37. The SMILES string of the molecule is COc1cccc(F)c1COc1cc(-n2c(=O)[nH]c3c(OC)nc(CF)nc32)c(Cl)cc1OCCO. The average molecular weight is 523 g/mol. The van der Waals surface area contributed by atoms with E-state index in [0.29, 0.717) is 0 Å². The molecule has 0 aliphatic carbocycles. The Morgan fingerprint density at radius 1 is 1.11 bits per heavy atom. The molecule has 36 heavy (non-hydrogen) atoms. The molecule has 0 saturated heterocycles. The lowest BCUT2D eigenvalue weighted by Gasteiger charge is -2.17. The van der Waals surface area contributed by atoms with Crippen LogP contribution in [0.25, 0.3) is 16.9 Å². The molecule has 10 nitrogen and oxygen atoms in total. The van der Waals surface area contributed by atoms with Gasteiger partial charge in [-0.25, -0.2) is 23.1 Å². The molecule has 0 spiro atoms. The van der Waals surface area contributed by atoms with Gasteiger partial charge >= 0.3 is 5.69 Å². The average Bonchev–Trinajstić information content (AvgIpc) is 3.21. The number of H-pyrrole nitrogens is 1. The third-order valence-electron chi connectivity index (χ3n) is 5.13. The molecule has 190 valence electrons. The minimum Gasteiger partial charge on any atom is -0.496 e. The van der Waals surface area contributed by atoms with E-state index in [1.807, 2.05) is 0 Å². The topological polar surface area (TPSA) is 121 Å². The number of ether oxygens (including phenoxy) is 4. The number of imidazole rings is 1. The van der Waals surface area contributed by atoms with Crippen molar-refractivity contribution < 1.29 is 32.8 Å². The van der Waals surface area contributed by atoms with Gasteiger partial charge in [0.25, 0.3) is 0 Å². The minimum absolute atomic E-state index is 0.0205. The number of hydrogen-bond donors (Lipinski definition) is 2. The number of halogens is 3. The fraction of sp³-hybridized carbons (Fsp3) is 0.261. The van der Waals surface area contributed by atoms with Gasteiger partial charge in [-0.2, -0.15) is 4.98 Å². The van der Waals surface area contributed by atoms with Crippen molar-refractivity contribution in [1.82, 2.24) is 19.5 Å². The summed E-state index contributed by atoms with van der Waals surface area (Å²) in [6.07, 6.45) is 0. The molecule has 0 fully saturated rings. The Bertz CT molecular complexity index is 1460. The number of hydrogen-bond acceptors (Lipinski definition) is 8. The molecule has 0 aliphatic rings. The smallest absolute Gasteiger partial charge is 0.332 e. The van der Waals surface area contributed by atoms with Crippen LogP contribution in [0.2, 0.25) is 5.02 Å². The van der Waals surface area contributed by atoms with Crippen LogP contribution >= 0.6 is 11.6 Å². The Hall–Kier alpha value is -3.90. The van der Waals surface area contributed by atoms with Crippen molar-refractivity contribution in [3.63, 3.8) is 0 Å². The van der Waals surface area contributed by atoms with Crippen LogP contribution in [0, 0.1) is 5.82 Å². The maximum atomic E-state index is 14.4. The molecule has 0 radical (unpaired) electrons. The molecule has 0 aliphatic heterocycles. The molecule has 2 heterocycles. The van der Waals surface area contributed by atoms with Crippen LogP contribution in [0.3, 0.4) is 0 Å². The van der Waals surface area contributed by atoms with E-state index in [-0.39, 0.29) is 76.2 Å². The fourth-order valence-electron chi connectivity index (χ4n) is 3.53. The standard InChI is InChI=1S/C23H21ClF2N4O6/c1-33-16-5-3-4-14(26)12(16)11-36-18-9-15(13(24)8-17(18)35-7-6-31)30-21-20(29-23(30)32)22(34-2)28-19(10-25)27-21/h3-5,8-9,31H,6-7,10-11H2,1-2H3,(H,29,32). The van der Waals surface area contributed by atoms with E-state index in [2.05, 4.69) is 15.0 Å². The van der Waals surface area contributed by atoms with Crippen molar-refractivity contribution in [2.45, 2.75) is 13.3 Å². The van der Waals surface area contributed by atoms with Crippen molar-refractivity contribution in [3.8, 4) is 28.8 Å². The quantitative estimate of drug-likeness (QED) is 0.325. The van der Waals surface area contributed by atoms with E-state index in [0.717, 1.165) is 4.57 Å². The van der Waals surface area contributed by atoms with Crippen molar-refractivity contribution >= 4 is 22.8 Å². The maximum absolute atomic E-state index is 14.4. The largest absolute Gasteiger partial charge is 0.496 e. The number of nitrogens with one attached hydrogen (secondary N) is 1. The van der Waals surface area contributed by atoms with Gasteiger partial charge in [-0.3, -0.25) is 4.98 Å². The highest BCUT2D eigenvalue weighted by molar-refractivity contribution is 6.32. The van der Waals surface area contributed by atoms with Gasteiger partial charge in [-0.1, -0.05) is 17.7 Å². The zero-order chi connectivity index (χ0) is 25.8. The third kappa shape index (κ3) is 4.77. The highest BCUT2D eigenvalue weighted by Gasteiger charge is 2.22. The zero-order valence-electron chi connectivity index (χ0n) is 19.2. The van der Waals surface area contributed by atoms with Gasteiger partial charge in [0.15, 0.2) is 23.0 Å². The number of nitrogens with zero attached hydrogens (tertiary/aromatic N) is 3. The second-order valence-corrected chi connectivity index (χ2v) is 7.69. The molecule has 0 atom stereocenters. The van der Waals surface area contributed by atoms with Crippen LogP contribution in [0.15, 0.2) is 35.1 Å². The molecule has 0 saturated carbocycles. The van der Waals surface area contributed by atoms with Crippen LogP contribution < -0.4 is 24.6 Å². The molecular formula is C23H21ClF2N4O6. The van der Waals surface area contributed by atoms with E-state index in [4.69, 9.17) is 30.5 Å². The molecule has 13 heteroatoms. The number of aliphatic hydroxyl groups is 1. The summed E-state index contributed by atoms with van der Waals surface area (Å²) in [7, 11) is 2.72. The normalized spacial score (nSPS) is 11.1. The third-order valence-corrected chi connectivity index (χ3v) is 5.44. The summed E-state index contributed by atoms with van der Waals surface area (Å²) in [5, 5.41) is 9.24. The maximum Gasteiger partial charge on any atom is 0.332 e. The van der Waals surface area contributed by atoms with Gasteiger partial charge < -0.3 is 24.1 Å². The first-order valence-electron chi connectivity index (χ1n) is 10.5. The highest BCUT2D eigenvalue weighted by atomic mass is 35.5. The monoisotopic (exact) mass is 522 g/mol. The van der Waals surface area contributed by atoms with Crippen molar-refractivity contribution in [3.05, 3.63) is 63.0 Å². The summed E-state index contributed by atoms with van der Waals surface area (Å²) in [6.45, 7) is -1.61. The molecule has 4 aromatic rings. The Morgan fingerprint density at radius 3 is 2.58 bits per heavy atom. The fourth-order valence-corrected chi connectivity index (χ4v) is 3.77. The first-order chi connectivity index (χ1) is 17.4. The lowest BCUT2D eigenvalue weighted by atomic mass is 10.2. The second kappa shape index (κ2) is 10.8. The summed E-state index contributed by atoms with van der Waals surface area (Å²) >= 11 is 6.48. The first kappa shape index (κ1) is 25.2. The predicted octanol–water partition coefficient (Wildman–Crippen LogP) is 3.34. The molecule has 0 bridgehead atoms. The number of aliphatic hydroxyl groups excluding tert-OH is 1. The zero-order valence-corrected chi connectivity index (χ0v) is 19.9. The van der Waals surface area contributed by atoms with Crippen LogP contribution in [0.5, 0.6) is 23.1 Å². The Balaban J connectivity index is 1.85. The summed E-state index contributed by atoms with van der Waals surface area (Å²) < 4.78 is 50.7. The van der Waals surface area contributed by atoms with Gasteiger partial charge in [0.1, 0.15) is 37.0 Å². The Kier molecular flexibility index (Phi) is 7.55. The summed E-state index contributed by atoms with van der Waals surface area (Å²) in [4.78, 5) is 23.5. The lowest BCUT2D eigenvalue weighted by molar-refractivity contribution is 0.191. The molecule has 0 amide bonds. The predicted molar refractivity (Wildman–Crippen MR) is 126 cm³/mol. The van der Waals surface area contributed by atoms with Crippen LogP contribution in [-0.2, 0) is 13.3 Å². The van der Waals surface area contributed by atoms with Gasteiger partial charge in [-0.15, -0.1) is 0 Å². The van der Waals surface area contributed by atoms with Gasteiger partial charge in [0.2, 0.25) is 5.88 Å². The summed E-state index contributed by atoms with van der Waals surface area (Å²) in [5.74, 6) is -0.271. The number of benzene rings is 2. The first-order valence-corrected chi connectivity index (χ1v) is 10.9. The van der Waals surface area contributed by atoms with Crippen LogP contribution in [0.4, 0.5) is 8.78 Å². The molecule has 2 N–H and O–H groups in total. The van der Waals surface area contributed by atoms with E-state index >= 15 is 0 Å². The van der Waals surface area contributed by atoms with E-state index < -0.39 is 18.2 Å². The minimum atomic E-state index is -0.994. The van der Waals surface area contributed by atoms with Crippen LogP contribution in [0.1, 0.15) is 11.4 Å². The van der Waals surface area contributed by atoms with Crippen molar-refractivity contribution in [2.24, 2.45) is 0 Å². The van der Waals surface area contributed by atoms with Gasteiger partial charge in [0.05, 0.1) is 37.1 Å². The molecule has 2 aromatic carbocycles. The van der Waals surface area contributed by atoms with E-state index in [9.17, 15) is 18.7 Å². The molecule has 2 aromatic heterocycles. The second-order valence-electron chi connectivity index (χ2n) is 7.28. The van der Waals surface area contributed by atoms with Crippen molar-refractivity contribution in [2.75, 3.05) is 27.4 Å². The van der Waals surface area contributed by atoms with E-state index in [1.165, 1.54) is 38.5 Å².